The van der Waals surface area contributed by atoms with Crippen molar-refractivity contribution in [1.82, 2.24) is 9.62 Å². The second-order valence-corrected chi connectivity index (χ2v) is 11.9. The van der Waals surface area contributed by atoms with Crippen molar-refractivity contribution in [3.8, 4) is 11.1 Å². The summed E-state index contributed by atoms with van der Waals surface area (Å²) in [6.45, 7) is 7.58. The number of nitrogens with zero attached hydrogens (tertiary/aromatic N) is 1. The number of amides is 1. The van der Waals surface area contributed by atoms with Crippen LogP contribution in [0.5, 0.6) is 0 Å². The second-order valence-electron chi connectivity index (χ2n) is 10.1. The van der Waals surface area contributed by atoms with Crippen LogP contribution in [0.15, 0.2) is 42.5 Å². The molecule has 0 aromatic heterocycles. The highest BCUT2D eigenvalue weighted by Crippen LogP contribution is 2.26. The predicted octanol–water partition coefficient (Wildman–Crippen LogP) is 4.19. The van der Waals surface area contributed by atoms with Gasteiger partial charge in [-0.2, -0.15) is 0 Å². The van der Waals surface area contributed by atoms with Crippen LogP contribution in [0.25, 0.3) is 11.1 Å². The summed E-state index contributed by atoms with van der Waals surface area (Å²) < 4.78 is 42.4. The fraction of sp³-hybridized carbons (Fsp3) is 0.462. The van der Waals surface area contributed by atoms with E-state index in [0.717, 1.165) is 12.0 Å². The zero-order valence-electron chi connectivity index (χ0n) is 20.2. The quantitative estimate of drug-likeness (QED) is 0.593. The van der Waals surface area contributed by atoms with Gasteiger partial charge in [-0.25, -0.2) is 17.5 Å². The topological polar surface area (TPSA) is 83.6 Å². The van der Waals surface area contributed by atoms with Gasteiger partial charge >= 0.3 is 0 Å². The van der Waals surface area contributed by atoms with Gasteiger partial charge in [0.15, 0.2) is 5.78 Å². The van der Waals surface area contributed by atoms with E-state index < -0.39 is 33.6 Å². The minimum Gasteiger partial charge on any atom is -0.342 e. The smallest absolute Gasteiger partial charge is 0.227 e. The van der Waals surface area contributed by atoms with Crippen LogP contribution in [0.4, 0.5) is 4.39 Å². The lowest BCUT2D eigenvalue weighted by molar-refractivity contribution is -0.141. The Morgan fingerprint density at radius 2 is 1.79 bits per heavy atom. The van der Waals surface area contributed by atoms with E-state index in [1.54, 1.807) is 17.9 Å². The number of likely N-dealkylation sites (tertiary alicyclic amines) is 1. The Labute approximate surface area is 201 Å². The van der Waals surface area contributed by atoms with Gasteiger partial charge in [0, 0.05) is 18.5 Å². The molecule has 1 aliphatic heterocycles. The minimum absolute atomic E-state index is 0.00174. The van der Waals surface area contributed by atoms with Gasteiger partial charge in [0.05, 0.1) is 17.9 Å². The Balaban J connectivity index is 1.66. The average Bonchev–Trinajstić information content (AvgIpc) is 2.78. The van der Waals surface area contributed by atoms with E-state index in [1.165, 1.54) is 6.07 Å². The van der Waals surface area contributed by atoms with Crippen LogP contribution in [0, 0.1) is 24.1 Å². The number of Topliss-reactive ketones (excluding diaryl/α,β-unsaturated/α-hetero) is 1. The number of benzene rings is 2. The Kier molecular flexibility index (Phi) is 7.93. The minimum atomic E-state index is -3.79. The van der Waals surface area contributed by atoms with Crippen LogP contribution in [0.2, 0.25) is 0 Å². The first kappa shape index (κ1) is 26.0. The average molecular weight is 489 g/mol. The molecule has 0 aliphatic carbocycles. The number of carbonyl (C=O) groups excluding carboxylic acids is 2. The van der Waals surface area contributed by atoms with Crippen molar-refractivity contribution >= 4 is 21.7 Å². The van der Waals surface area contributed by atoms with Gasteiger partial charge in [0.1, 0.15) is 5.82 Å². The molecule has 6 nitrogen and oxygen atoms in total. The number of piperidine rings is 1. The molecule has 0 radical (unpaired) electrons. The van der Waals surface area contributed by atoms with Gasteiger partial charge < -0.3 is 4.90 Å². The van der Waals surface area contributed by atoms with E-state index in [-0.39, 0.29) is 23.1 Å². The summed E-state index contributed by atoms with van der Waals surface area (Å²) in [5.74, 6) is -1.67. The summed E-state index contributed by atoms with van der Waals surface area (Å²) in [4.78, 5) is 27.1. The van der Waals surface area contributed by atoms with E-state index in [9.17, 15) is 22.4 Å². The lowest BCUT2D eigenvalue weighted by atomic mass is 9.92. The van der Waals surface area contributed by atoms with E-state index in [4.69, 9.17) is 0 Å². The van der Waals surface area contributed by atoms with Gasteiger partial charge in [0.2, 0.25) is 15.9 Å². The first-order chi connectivity index (χ1) is 15.9. The first-order valence-corrected chi connectivity index (χ1v) is 13.2. The molecule has 0 bridgehead atoms. The third kappa shape index (κ3) is 6.51. The molecule has 184 valence electrons. The predicted molar refractivity (Wildman–Crippen MR) is 131 cm³/mol. The Morgan fingerprint density at radius 1 is 1.12 bits per heavy atom. The van der Waals surface area contributed by atoms with Crippen LogP contribution >= 0.6 is 0 Å². The van der Waals surface area contributed by atoms with Crippen molar-refractivity contribution in [2.45, 2.75) is 40.5 Å². The molecular formula is C26H33FN2O4S. The number of nitrogens with one attached hydrogen (secondary N) is 1. The molecule has 0 spiro atoms. The molecule has 1 fully saturated rings. The number of hydrogen-bond acceptors (Lipinski definition) is 4. The highest BCUT2D eigenvalue weighted by molar-refractivity contribution is 7.89. The van der Waals surface area contributed by atoms with Crippen molar-refractivity contribution in [3.05, 3.63) is 59.4 Å². The Hall–Kier alpha value is -2.58. The SMILES string of the molecule is Cc1cc(-c2ccccc2)cc(C(=O)CNS(=O)(=O)CC2CCCN(C(=O)C(C)(C)C)C2)c1F. The molecule has 1 unspecified atom stereocenters. The van der Waals surface area contributed by atoms with E-state index in [0.29, 0.717) is 30.6 Å². The lowest BCUT2D eigenvalue weighted by Crippen LogP contribution is -2.47. The number of sulfonamides is 1. The molecule has 2 aromatic carbocycles. The van der Waals surface area contributed by atoms with E-state index in [2.05, 4.69) is 4.72 Å². The van der Waals surface area contributed by atoms with Gasteiger partial charge in [-0.1, -0.05) is 51.1 Å². The maximum Gasteiger partial charge on any atom is 0.227 e. The van der Waals surface area contributed by atoms with Gasteiger partial charge in [-0.3, -0.25) is 9.59 Å². The van der Waals surface area contributed by atoms with Crippen molar-refractivity contribution in [1.29, 1.82) is 0 Å². The maximum absolute atomic E-state index is 14.7. The van der Waals surface area contributed by atoms with Crippen LogP contribution in [-0.4, -0.2) is 50.4 Å². The van der Waals surface area contributed by atoms with Crippen molar-refractivity contribution in [3.63, 3.8) is 0 Å². The molecule has 1 atom stereocenters. The largest absolute Gasteiger partial charge is 0.342 e. The van der Waals surface area contributed by atoms with Crippen LogP contribution in [-0.2, 0) is 14.8 Å². The summed E-state index contributed by atoms with van der Waals surface area (Å²) in [6.07, 6.45) is 1.42. The molecule has 3 rings (SSSR count). The van der Waals surface area contributed by atoms with Gasteiger partial charge in [-0.15, -0.1) is 0 Å². The zero-order valence-corrected chi connectivity index (χ0v) is 21.0. The first-order valence-electron chi connectivity index (χ1n) is 11.5. The molecule has 1 heterocycles. The molecule has 0 saturated carbocycles. The number of aryl methyl sites for hydroxylation is 1. The van der Waals surface area contributed by atoms with Crippen molar-refractivity contribution in [2.75, 3.05) is 25.4 Å². The van der Waals surface area contributed by atoms with E-state index in [1.807, 2.05) is 51.1 Å². The number of halogens is 1. The van der Waals surface area contributed by atoms with Crippen LogP contribution in [0.1, 0.15) is 49.5 Å². The van der Waals surface area contributed by atoms with Crippen LogP contribution < -0.4 is 4.72 Å². The lowest BCUT2D eigenvalue weighted by Gasteiger charge is -2.36. The standard InChI is InChI=1S/C26H33FN2O4S/c1-18-13-21(20-10-6-5-7-11-20)14-22(24(18)27)23(30)15-28-34(32,33)17-19-9-8-12-29(16-19)25(31)26(2,3)4/h5-7,10-11,13-14,19,28H,8-9,12,15-17H2,1-4H3. The third-order valence-electron chi connectivity index (χ3n) is 6.02. The number of carbonyl (C=O) groups is 2. The Morgan fingerprint density at radius 3 is 2.44 bits per heavy atom. The summed E-state index contributed by atoms with van der Waals surface area (Å²) >= 11 is 0. The summed E-state index contributed by atoms with van der Waals surface area (Å²) in [6, 6.07) is 12.4. The third-order valence-corrected chi connectivity index (χ3v) is 7.51. The molecule has 1 N–H and O–H groups in total. The summed E-state index contributed by atoms with van der Waals surface area (Å²) in [7, 11) is -3.79. The summed E-state index contributed by atoms with van der Waals surface area (Å²) in [5.41, 5.74) is 1.19. The number of hydrogen-bond donors (Lipinski definition) is 1. The normalized spacial score (nSPS) is 17.0. The highest BCUT2D eigenvalue weighted by Gasteiger charge is 2.32. The van der Waals surface area contributed by atoms with Crippen LogP contribution in [0.3, 0.4) is 0 Å². The van der Waals surface area contributed by atoms with Gasteiger partial charge in [0.25, 0.3) is 0 Å². The number of rotatable bonds is 7. The molecule has 1 aliphatic rings. The maximum atomic E-state index is 14.7. The summed E-state index contributed by atoms with van der Waals surface area (Å²) in [5, 5.41) is 0. The monoisotopic (exact) mass is 488 g/mol. The van der Waals surface area contributed by atoms with Crippen molar-refractivity contribution in [2.24, 2.45) is 11.3 Å². The second kappa shape index (κ2) is 10.4. The fourth-order valence-corrected chi connectivity index (χ4v) is 5.63. The molecule has 1 amide bonds. The molecular weight excluding hydrogens is 455 g/mol. The molecule has 34 heavy (non-hydrogen) atoms. The Bertz CT molecular complexity index is 1160. The zero-order chi connectivity index (χ0) is 25.1. The van der Waals surface area contributed by atoms with E-state index >= 15 is 0 Å². The molecule has 1 saturated heterocycles. The fourth-order valence-electron chi connectivity index (χ4n) is 4.27. The molecule has 2 aromatic rings. The number of ketones is 1. The highest BCUT2D eigenvalue weighted by atomic mass is 32.2. The molecule has 8 heteroatoms. The van der Waals surface area contributed by atoms with Crippen molar-refractivity contribution < 1.29 is 22.4 Å². The van der Waals surface area contributed by atoms with Gasteiger partial charge in [-0.05, 0) is 54.5 Å².